The van der Waals surface area contributed by atoms with Gasteiger partial charge in [-0.2, -0.15) is 9.61 Å². The number of amides is 1. The van der Waals surface area contributed by atoms with Gasteiger partial charge in [0.05, 0.1) is 5.69 Å². The van der Waals surface area contributed by atoms with E-state index in [1.807, 2.05) is 20.8 Å². The summed E-state index contributed by atoms with van der Waals surface area (Å²) in [5.74, 6) is -2.23. The number of hydrogen-bond acceptors (Lipinski definition) is 5. The van der Waals surface area contributed by atoms with E-state index in [0.29, 0.717) is 11.3 Å². The number of nitrogens with zero attached hydrogens (tertiary/aromatic N) is 3. The summed E-state index contributed by atoms with van der Waals surface area (Å²) in [6, 6.07) is 0.0199. The molecule has 0 radical (unpaired) electrons. The molecule has 0 unspecified atom stereocenters. The van der Waals surface area contributed by atoms with Crippen LogP contribution in [0.15, 0.2) is 10.9 Å². The molecule has 9 nitrogen and oxygen atoms in total. The van der Waals surface area contributed by atoms with Crippen molar-refractivity contribution in [3.05, 3.63) is 33.3 Å². The lowest BCUT2D eigenvalue weighted by molar-refractivity contribution is -0.131. The second-order valence-electron chi connectivity index (χ2n) is 8.30. The number of hydrogen-bond donors (Lipinski definition) is 3. The highest BCUT2D eigenvalue weighted by Crippen LogP contribution is 2.28. The van der Waals surface area contributed by atoms with Gasteiger partial charge in [-0.1, -0.05) is 20.8 Å². The van der Waals surface area contributed by atoms with Crippen LogP contribution in [-0.2, 0) is 11.3 Å². The Morgan fingerprint density at radius 1 is 1.32 bits per heavy atom. The van der Waals surface area contributed by atoms with Crippen molar-refractivity contribution in [2.45, 2.75) is 53.1 Å². The van der Waals surface area contributed by atoms with Crippen molar-refractivity contribution >= 4 is 23.6 Å². The Morgan fingerprint density at radius 2 is 1.96 bits per heavy atom. The summed E-state index contributed by atoms with van der Waals surface area (Å²) < 4.78 is 2.51. The number of fused-ring (bicyclic) bond motifs is 1. The fourth-order valence-electron chi connectivity index (χ4n) is 3.02. The molecular weight excluding hydrogens is 364 g/mol. The van der Waals surface area contributed by atoms with E-state index < -0.39 is 23.3 Å². The molecule has 1 aliphatic rings. The predicted octanol–water partition coefficient (Wildman–Crippen LogP) is 1.55. The minimum atomic E-state index is -1.15. The molecule has 9 heteroatoms. The first-order chi connectivity index (χ1) is 13.0. The molecule has 0 aromatic carbocycles. The fourth-order valence-corrected chi connectivity index (χ4v) is 3.02. The van der Waals surface area contributed by atoms with Crippen molar-refractivity contribution in [2.24, 2.45) is 5.41 Å². The van der Waals surface area contributed by atoms with Crippen molar-refractivity contribution in [2.75, 3.05) is 0 Å². The largest absolute Gasteiger partial charge is 0.494 e. The lowest BCUT2D eigenvalue weighted by atomic mass is 9.96. The monoisotopic (exact) mass is 388 g/mol. The van der Waals surface area contributed by atoms with Crippen LogP contribution in [0, 0.1) is 12.3 Å². The predicted molar refractivity (Wildman–Crippen MR) is 102 cm³/mol. The molecule has 150 valence electrons. The summed E-state index contributed by atoms with van der Waals surface area (Å²) in [7, 11) is 0. The Kier molecular flexibility index (Phi) is 4.78. The molecule has 28 heavy (non-hydrogen) atoms. The summed E-state index contributed by atoms with van der Waals surface area (Å²) in [4.78, 5) is 36.5. The zero-order valence-corrected chi connectivity index (χ0v) is 16.3. The number of carboxylic acid groups (broad SMARTS) is 1. The molecule has 0 atom stereocenters. The Balaban J connectivity index is 2.32. The smallest absolute Gasteiger partial charge is 0.328 e. The molecule has 0 aliphatic heterocycles. The molecule has 1 fully saturated rings. The number of carbonyl (C=O) groups excluding carboxylic acids is 1. The second-order valence-corrected chi connectivity index (χ2v) is 8.30. The van der Waals surface area contributed by atoms with Crippen LogP contribution in [0.4, 0.5) is 0 Å². The average Bonchev–Trinajstić information content (AvgIpc) is 3.30. The van der Waals surface area contributed by atoms with Crippen LogP contribution in [0.2, 0.25) is 0 Å². The highest BCUT2D eigenvalue weighted by molar-refractivity contribution is 5.97. The van der Waals surface area contributed by atoms with E-state index >= 15 is 0 Å². The quantitative estimate of drug-likeness (QED) is 0.667. The Bertz CT molecular complexity index is 1050. The first kappa shape index (κ1) is 19.7. The third kappa shape index (κ3) is 3.78. The van der Waals surface area contributed by atoms with Crippen molar-refractivity contribution in [3.8, 4) is 5.88 Å². The zero-order valence-electron chi connectivity index (χ0n) is 16.3. The molecular formula is C19H24N4O5. The molecule has 2 aromatic heterocycles. The maximum Gasteiger partial charge on any atom is 0.328 e. The van der Waals surface area contributed by atoms with Crippen LogP contribution in [-0.4, -0.2) is 42.3 Å². The highest BCUT2D eigenvalue weighted by atomic mass is 16.4. The lowest BCUT2D eigenvalue weighted by Gasteiger charge is -2.23. The summed E-state index contributed by atoms with van der Waals surface area (Å²) in [5.41, 5.74) is -0.350. The van der Waals surface area contributed by atoms with Gasteiger partial charge in [0.15, 0.2) is 5.56 Å². The maximum atomic E-state index is 12.9. The minimum absolute atomic E-state index is 0.0199. The number of carboxylic acids is 1. The van der Waals surface area contributed by atoms with Gasteiger partial charge in [0, 0.05) is 24.2 Å². The van der Waals surface area contributed by atoms with Gasteiger partial charge in [0.25, 0.3) is 11.5 Å². The molecule has 1 amide bonds. The topological polar surface area (TPSA) is 126 Å². The van der Waals surface area contributed by atoms with Gasteiger partial charge in [0.2, 0.25) is 5.88 Å². The van der Waals surface area contributed by atoms with E-state index in [9.17, 15) is 19.5 Å². The number of nitrogens with one attached hydrogen (secondary N) is 1. The summed E-state index contributed by atoms with van der Waals surface area (Å²) in [6.07, 6.45) is 3.97. The van der Waals surface area contributed by atoms with Crippen molar-refractivity contribution in [1.29, 1.82) is 0 Å². The molecule has 0 spiro atoms. The van der Waals surface area contributed by atoms with Gasteiger partial charge in [-0.05, 0) is 31.3 Å². The SMILES string of the molecule is Cc1nn2c(=O)c(C(=O)NC3CC3)c(O)n(CC(C)(C)C)c2c1/C=C/C(=O)O. The minimum Gasteiger partial charge on any atom is -0.494 e. The first-order valence-corrected chi connectivity index (χ1v) is 9.06. The van der Waals surface area contributed by atoms with Crippen molar-refractivity contribution in [1.82, 2.24) is 19.5 Å². The van der Waals surface area contributed by atoms with E-state index in [1.54, 1.807) is 6.92 Å². The van der Waals surface area contributed by atoms with Gasteiger partial charge in [-0.25, -0.2) is 4.79 Å². The number of aryl methyl sites for hydroxylation is 1. The Morgan fingerprint density at radius 3 is 2.50 bits per heavy atom. The molecule has 2 aromatic rings. The van der Waals surface area contributed by atoms with Crippen molar-refractivity contribution < 1.29 is 19.8 Å². The van der Waals surface area contributed by atoms with Gasteiger partial charge >= 0.3 is 5.97 Å². The number of aromatic nitrogens is 3. The number of aliphatic carboxylic acids is 1. The Labute approximate surface area is 161 Å². The Hall–Kier alpha value is -3.10. The molecule has 3 N–H and O–H groups in total. The molecule has 0 saturated heterocycles. The van der Waals surface area contributed by atoms with Gasteiger partial charge in [0.1, 0.15) is 5.65 Å². The van der Waals surface area contributed by atoms with Crippen LogP contribution in [0.25, 0.3) is 11.7 Å². The van der Waals surface area contributed by atoms with E-state index in [1.165, 1.54) is 10.6 Å². The summed E-state index contributed by atoms with van der Waals surface area (Å²) >= 11 is 0. The highest BCUT2D eigenvalue weighted by Gasteiger charge is 2.31. The molecule has 3 rings (SSSR count). The lowest BCUT2D eigenvalue weighted by Crippen LogP contribution is -2.35. The zero-order chi connectivity index (χ0) is 20.8. The average molecular weight is 388 g/mol. The standard InChI is InChI=1S/C19H24N4O5/c1-10-12(7-8-13(24)25)16-22(9-19(2,3)4)17(27)14(18(28)23(16)21-10)15(26)20-11-5-6-11/h7-8,11,27H,5-6,9H2,1-4H3,(H,20,26)(H,24,25)/b8-7+. The molecule has 2 heterocycles. The number of rotatable bonds is 5. The van der Waals surface area contributed by atoms with E-state index in [4.69, 9.17) is 5.11 Å². The van der Waals surface area contributed by atoms with Gasteiger partial charge in [-0.3, -0.25) is 14.2 Å². The van der Waals surface area contributed by atoms with Crippen LogP contribution in [0.3, 0.4) is 0 Å². The van der Waals surface area contributed by atoms with E-state index in [0.717, 1.165) is 23.4 Å². The second kappa shape index (κ2) is 6.81. The third-order valence-corrected chi connectivity index (χ3v) is 4.39. The summed E-state index contributed by atoms with van der Waals surface area (Å²) in [5, 5.41) is 26.8. The van der Waals surface area contributed by atoms with Gasteiger partial charge in [-0.15, -0.1) is 0 Å². The third-order valence-electron chi connectivity index (χ3n) is 4.39. The normalized spacial score (nSPS) is 14.7. The van der Waals surface area contributed by atoms with E-state index in [2.05, 4.69) is 10.4 Å². The van der Waals surface area contributed by atoms with E-state index in [-0.39, 0.29) is 29.2 Å². The van der Waals surface area contributed by atoms with Crippen LogP contribution >= 0.6 is 0 Å². The number of carbonyl (C=O) groups is 2. The molecule has 0 bridgehead atoms. The first-order valence-electron chi connectivity index (χ1n) is 9.06. The van der Waals surface area contributed by atoms with Gasteiger partial charge < -0.3 is 15.5 Å². The van der Waals surface area contributed by atoms with Crippen LogP contribution < -0.4 is 10.9 Å². The molecule has 1 aliphatic carbocycles. The fraction of sp³-hybridized carbons (Fsp3) is 0.474. The van der Waals surface area contributed by atoms with Crippen molar-refractivity contribution in [3.63, 3.8) is 0 Å². The number of aromatic hydroxyl groups is 1. The van der Waals surface area contributed by atoms with Crippen LogP contribution in [0.1, 0.15) is 55.2 Å². The molecule has 1 saturated carbocycles. The van der Waals surface area contributed by atoms with Crippen LogP contribution in [0.5, 0.6) is 5.88 Å². The maximum absolute atomic E-state index is 12.9. The summed E-state index contributed by atoms with van der Waals surface area (Å²) in [6.45, 7) is 7.75.